The number of carboxylic acids is 1. The van der Waals surface area contributed by atoms with Crippen LogP contribution in [0.25, 0.3) is 0 Å². The summed E-state index contributed by atoms with van der Waals surface area (Å²) in [5, 5.41) is 9.91. The van der Waals surface area contributed by atoms with Gasteiger partial charge in [0.25, 0.3) is 0 Å². The van der Waals surface area contributed by atoms with Gasteiger partial charge in [0.05, 0.1) is 6.61 Å². The van der Waals surface area contributed by atoms with Gasteiger partial charge in [-0.1, -0.05) is 113 Å². The van der Waals surface area contributed by atoms with Crippen LogP contribution in [-0.4, -0.2) is 66.0 Å². The summed E-state index contributed by atoms with van der Waals surface area (Å²) in [7, 11) is 0. The third kappa shape index (κ3) is 17.7. The van der Waals surface area contributed by atoms with Crippen LogP contribution in [0.2, 0.25) is 0 Å². The quantitative estimate of drug-likeness (QED) is 0.0564. The van der Waals surface area contributed by atoms with Gasteiger partial charge in [0.2, 0.25) is 0 Å². The zero-order chi connectivity index (χ0) is 39.0. The van der Waals surface area contributed by atoms with Gasteiger partial charge in [-0.2, -0.15) is 0 Å². The van der Waals surface area contributed by atoms with E-state index in [1.807, 2.05) is 67.6 Å². The molecule has 1 aliphatic carbocycles. The Morgan fingerprint density at radius 3 is 1.74 bits per heavy atom. The lowest BCUT2D eigenvalue weighted by molar-refractivity contribution is -0.188. The minimum Gasteiger partial charge on any atom is -0.479 e. The van der Waals surface area contributed by atoms with E-state index >= 15 is 0 Å². The summed E-state index contributed by atoms with van der Waals surface area (Å²) >= 11 is 0. The average Bonchev–Trinajstić information content (AvgIpc) is 3.17. The summed E-state index contributed by atoms with van der Waals surface area (Å²) < 4.78 is 28.0. The molecule has 298 valence electrons. The molecule has 3 rings (SSSR count). The first-order valence-electron chi connectivity index (χ1n) is 19.8. The molecule has 1 fully saturated rings. The Morgan fingerprint density at radius 2 is 1.15 bits per heavy atom. The fourth-order valence-corrected chi connectivity index (χ4v) is 6.63. The normalized spacial score (nSPS) is 15.3. The van der Waals surface area contributed by atoms with Crippen molar-refractivity contribution in [3.8, 4) is 0 Å². The zero-order valence-corrected chi connectivity index (χ0v) is 32.1. The summed E-state index contributed by atoms with van der Waals surface area (Å²) in [5.41, 5.74) is 2.10. The molecule has 11 nitrogen and oxygen atoms in total. The highest BCUT2D eigenvalue weighted by Crippen LogP contribution is 2.29. The van der Waals surface area contributed by atoms with Gasteiger partial charge in [0.15, 0.2) is 24.4 Å². The number of hydrogen-bond donors (Lipinski definition) is 1. The van der Waals surface area contributed by atoms with Gasteiger partial charge in [0, 0.05) is 13.5 Å². The van der Waals surface area contributed by atoms with Gasteiger partial charge in [-0.15, -0.1) is 0 Å². The molecule has 54 heavy (non-hydrogen) atoms. The molecule has 0 heterocycles. The van der Waals surface area contributed by atoms with Gasteiger partial charge in [0.1, 0.15) is 0 Å². The topological polar surface area (TPSA) is 152 Å². The fraction of sp³-hybridized carbons (Fsp3) is 0.605. The van der Waals surface area contributed by atoms with Crippen molar-refractivity contribution in [1.82, 2.24) is 0 Å². The van der Waals surface area contributed by atoms with Crippen LogP contribution < -0.4 is 0 Å². The maximum atomic E-state index is 13.7. The number of unbranched alkanes of at least 4 members (excludes halogenated alkanes) is 3. The molecule has 0 unspecified atom stereocenters. The molecule has 1 N–H and O–H groups in total. The van der Waals surface area contributed by atoms with Crippen LogP contribution >= 0.6 is 0 Å². The molecule has 0 aromatic heterocycles. The van der Waals surface area contributed by atoms with Crippen LogP contribution in [0, 0.1) is 5.92 Å². The second-order valence-electron chi connectivity index (χ2n) is 14.2. The van der Waals surface area contributed by atoms with Crippen LogP contribution in [-0.2, 0) is 60.7 Å². The van der Waals surface area contributed by atoms with E-state index in [1.165, 1.54) is 6.92 Å². The van der Waals surface area contributed by atoms with Gasteiger partial charge >= 0.3 is 29.8 Å². The predicted octanol–water partition coefficient (Wildman–Crippen LogP) is 8.09. The van der Waals surface area contributed by atoms with E-state index in [0.717, 1.165) is 56.1 Å². The second-order valence-corrected chi connectivity index (χ2v) is 14.2. The molecule has 1 saturated carbocycles. The van der Waals surface area contributed by atoms with Gasteiger partial charge in [-0.05, 0) is 81.3 Å². The molecule has 0 spiro atoms. The number of hydrogen-bond acceptors (Lipinski definition) is 10. The number of esters is 4. The van der Waals surface area contributed by atoms with Gasteiger partial charge in [-0.25, -0.2) is 19.2 Å². The van der Waals surface area contributed by atoms with E-state index in [4.69, 9.17) is 23.7 Å². The summed E-state index contributed by atoms with van der Waals surface area (Å²) in [6, 6.07) is 19.4. The van der Waals surface area contributed by atoms with E-state index in [0.29, 0.717) is 57.7 Å². The Labute approximate surface area is 320 Å². The second kappa shape index (κ2) is 25.7. The number of ether oxygens (including phenoxy) is 5. The molecule has 0 radical (unpaired) electrons. The summed E-state index contributed by atoms with van der Waals surface area (Å²) in [6.07, 6.45) is 5.43. The lowest BCUT2D eigenvalue weighted by atomic mass is 9.85. The number of carbonyl (C=O) groups is 5. The Hall–Kier alpha value is -4.25. The van der Waals surface area contributed by atoms with Crippen LogP contribution in [0.1, 0.15) is 128 Å². The highest BCUT2D eigenvalue weighted by atomic mass is 16.6. The number of carboxylic acid groups (broad SMARTS) is 1. The maximum Gasteiger partial charge on any atom is 0.348 e. The Balaban J connectivity index is 1.65. The average molecular weight is 753 g/mol. The van der Waals surface area contributed by atoms with Crippen molar-refractivity contribution in [2.75, 3.05) is 6.61 Å². The standard InChI is InChI=1S/C43H60O11/c1-3-4-8-26-38(53-41(47)37(51-32(2)44)27-17-24-33-18-9-5-10-19-33)42(48)54-39(29-28-34-20-11-6-12-21-34)43(49)52-36(40(45)46)25-15-16-30-50-31-35-22-13-7-14-23-35/h5,7,9-10,13-14,18-19,22-23,34,36-39H,3-4,6,8,11-12,15-17,20-21,24-31H2,1-2H3,(H,45,46)/t36-,37+,38+,39-/m0/s1. The van der Waals surface area contributed by atoms with E-state index in [9.17, 15) is 29.1 Å². The lowest BCUT2D eigenvalue weighted by Gasteiger charge is -2.26. The van der Waals surface area contributed by atoms with Crippen molar-refractivity contribution >= 4 is 29.8 Å². The van der Waals surface area contributed by atoms with E-state index < -0.39 is 54.3 Å². The van der Waals surface area contributed by atoms with Gasteiger partial charge in [-0.3, -0.25) is 4.79 Å². The SMILES string of the molecule is CCCCC[C@@H](OC(=O)[C@@H](CCCc1ccccc1)OC(C)=O)C(=O)O[C@@H](CCC1CCCCC1)C(=O)O[C@@H](CCCCOCc1ccccc1)C(=O)O. The van der Waals surface area contributed by atoms with Crippen molar-refractivity contribution in [2.24, 2.45) is 5.92 Å². The molecular weight excluding hydrogens is 692 g/mol. The molecule has 0 aliphatic heterocycles. The largest absolute Gasteiger partial charge is 0.479 e. The first kappa shape index (κ1) is 44.1. The number of carbonyl (C=O) groups excluding carboxylic acids is 4. The van der Waals surface area contributed by atoms with E-state index in [2.05, 4.69) is 0 Å². The van der Waals surface area contributed by atoms with Crippen molar-refractivity contribution < 1.29 is 52.8 Å². The number of benzene rings is 2. The van der Waals surface area contributed by atoms with Crippen LogP contribution in [0.4, 0.5) is 0 Å². The highest BCUT2D eigenvalue weighted by Gasteiger charge is 2.35. The molecule has 0 saturated heterocycles. The van der Waals surface area contributed by atoms with Gasteiger partial charge < -0.3 is 28.8 Å². The number of aryl methyl sites for hydroxylation is 1. The Bertz CT molecular complexity index is 1390. The highest BCUT2D eigenvalue weighted by molar-refractivity contribution is 5.86. The Kier molecular flexibility index (Phi) is 21.0. The first-order chi connectivity index (χ1) is 26.2. The summed E-state index contributed by atoms with van der Waals surface area (Å²) in [4.78, 5) is 64.8. The molecule has 2 aromatic rings. The van der Waals surface area contributed by atoms with Crippen LogP contribution in [0.5, 0.6) is 0 Å². The third-order valence-electron chi connectivity index (χ3n) is 9.67. The van der Waals surface area contributed by atoms with Crippen molar-refractivity contribution in [3.05, 3.63) is 71.8 Å². The smallest absolute Gasteiger partial charge is 0.348 e. The number of aliphatic carboxylic acids is 1. The number of rotatable bonds is 26. The predicted molar refractivity (Wildman–Crippen MR) is 202 cm³/mol. The molecule has 0 bridgehead atoms. The summed E-state index contributed by atoms with van der Waals surface area (Å²) in [5.74, 6) is -4.32. The first-order valence-corrected chi connectivity index (χ1v) is 19.8. The van der Waals surface area contributed by atoms with Crippen molar-refractivity contribution in [3.63, 3.8) is 0 Å². The minimum atomic E-state index is -1.43. The molecule has 4 atom stereocenters. The van der Waals surface area contributed by atoms with Crippen molar-refractivity contribution in [1.29, 1.82) is 0 Å². The van der Waals surface area contributed by atoms with E-state index in [1.54, 1.807) is 0 Å². The molecule has 11 heteroatoms. The zero-order valence-electron chi connectivity index (χ0n) is 32.1. The minimum absolute atomic E-state index is 0.0676. The fourth-order valence-electron chi connectivity index (χ4n) is 6.63. The van der Waals surface area contributed by atoms with Crippen molar-refractivity contribution in [2.45, 2.75) is 154 Å². The maximum absolute atomic E-state index is 13.7. The van der Waals surface area contributed by atoms with Crippen LogP contribution in [0.3, 0.4) is 0 Å². The van der Waals surface area contributed by atoms with E-state index in [-0.39, 0.29) is 25.7 Å². The molecule has 1 aliphatic rings. The third-order valence-corrected chi connectivity index (χ3v) is 9.67. The monoisotopic (exact) mass is 752 g/mol. The summed E-state index contributed by atoms with van der Waals surface area (Å²) in [6.45, 7) is 4.06. The molecule has 0 amide bonds. The lowest BCUT2D eigenvalue weighted by Crippen LogP contribution is -2.40. The Morgan fingerprint density at radius 1 is 0.630 bits per heavy atom. The molecule has 2 aromatic carbocycles. The van der Waals surface area contributed by atoms with Crippen LogP contribution in [0.15, 0.2) is 60.7 Å². The molecular formula is C43H60O11.